The lowest BCUT2D eigenvalue weighted by atomic mass is 10.1. The van der Waals surface area contributed by atoms with Crippen molar-refractivity contribution in [3.05, 3.63) is 29.3 Å². The number of rotatable bonds is 5. The molecule has 1 aromatic rings. The van der Waals surface area contributed by atoms with Crippen molar-refractivity contribution < 1.29 is 9.53 Å². The Bertz CT molecular complexity index is 347. The zero-order chi connectivity index (χ0) is 11.3. The highest BCUT2D eigenvalue weighted by Gasteiger charge is 2.11. The molecule has 1 rings (SSSR count). The number of ether oxygens (including phenoxy) is 1. The number of methoxy groups -OCH3 is 1. The number of ketones is 1. The van der Waals surface area contributed by atoms with Crippen molar-refractivity contribution in [2.75, 3.05) is 18.6 Å². The van der Waals surface area contributed by atoms with Crippen molar-refractivity contribution in [1.82, 2.24) is 0 Å². The molecule has 0 N–H and O–H groups in total. The van der Waals surface area contributed by atoms with Gasteiger partial charge in [-0.3, -0.25) is 4.79 Å². The first-order valence-electron chi connectivity index (χ1n) is 4.94. The fourth-order valence-electron chi connectivity index (χ4n) is 1.31. The molecule has 0 aliphatic carbocycles. The number of carbonyl (C=O) groups is 1. The van der Waals surface area contributed by atoms with Gasteiger partial charge in [0.05, 0.1) is 18.4 Å². The van der Waals surface area contributed by atoms with Crippen molar-refractivity contribution in [2.45, 2.75) is 13.8 Å². The maximum atomic E-state index is 11.8. The molecule has 0 saturated carbocycles. The second-order valence-electron chi connectivity index (χ2n) is 3.26. The Labute approximate surface area is 95.0 Å². The maximum Gasteiger partial charge on any atom is 0.176 e. The number of benzene rings is 1. The van der Waals surface area contributed by atoms with E-state index >= 15 is 0 Å². The summed E-state index contributed by atoms with van der Waals surface area (Å²) in [5.41, 5.74) is 1.78. The molecule has 82 valence electrons. The molecule has 0 aromatic heterocycles. The number of thioether (sulfide) groups is 1. The van der Waals surface area contributed by atoms with E-state index in [2.05, 4.69) is 0 Å². The van der Waals surface area contributed by atoms with Gasteiger partial charge in [0.15, 0.2) is 5.78 Å². The smallest absolute Gasteiger partial charge is 0.176 e. The van der Waals surface area contributed by atoms with E-state index in [0.717, 1.165) is 11.3 Å². The minimum atomic E-state index is 0.141. The fraction of sp³-hybridized carbons (Fsp3) is 0.417. The summed E-state index contributed by atoms with van der Waals surface area (Å²) in [6.07, 6.45) is 0. The normalized spacial score (nSPS) is 10.1. The molecule has 0 heterocycles. The standard InChI is InChI=1S/C12H16O2S/c1-4-15-8-11(13)10-7-9(2)5-6-12(10)14-3/h5-7H,4,8H2,1-3H3. The Hall–Kier alpha value is -0.960. The van der Waals surface area contributed by atoms with Crippen LogP contribution < -0.4 is 4.74 Å². The summed E-state index contributed by atoms with van der Waals surface area (Å²) in [5, 5.41) is 0. The van der Waals surface area contributed by atoms with Crippen LogP contribution in [0.25, 0.3) is 0 Å². The SMILES string of the molecule is CCSCC(=O)c1cc(C)ccc1OC. The second kappa shape index (κ2) is 5.81. The molecule has 0 amide bonds. The summed E-state index contributed by atoms with van der Waals surface area (Å²) in [7, 11) is 1.59. The first-order chi connectivity index (χ1) is 7.19. The van der Waals surface area contributed by atoms with Gasteiger partial charge in [-0.25, -0.2) is 0 Å². The molecule has 0 fully saturated rings. The van der Waals surface area contributed by atoms with Gasteiger partial charge in [-0.15, -0.1) is 0 Å². The Morgan fingerprint density at radius 2 is 2.20 bits per heavy atom. The first kappa shape index (κ1) is 12.1. The van der Waals surface area contributed by atoms with E-state index in [1.807, 2.05) is 32.0 Å². The van der Waals surface area contributed by atoms with E-state index in [9.17, 15) is 4.79 Å². The minimum Gasteiger partial charge on any atom is -0.496 e. The maximum absolute atomic E-state index is 11.8. The van der Waals surface area contributed by atoms with Crippen LogP contribution in [0.2, 0.25) is 0 Å². The van der Waals surface area contributed by atoms with Gasteiger partial charge in [-0.1, -0.05) is 18.6 Å². The zero-order valence-corrected chi connectivity index (χ0v) is 10.2. The zero-order valence-electron chi connectivity index (χ0n) is 9.37. The highest BCUT2D eigenvalue weighted by molar-refractivity contribution is 7.99. The van der Waals surface area contributed by atoms with Crippen LogP contribution in [0.4, 0.5) is 0 Å². The van der Waals surface area contributed by atoms with E-state index in [0.29, 0.717) is 17.1 Å². The Kier molecular flexibility index (Phi) is 4.69. The van der Waals surface area contributed by atoms with E-state index in [1.54, 1.807) is 18.9 Å². The van der Waals surface area contributed by atoms with Crippen LogP contribution in [0.15, 0.2) is 18.2 Å². The Morgan fingerprint density at radius 1 is 1.47 bits per heavy atom. The average molecular weight is 224 g/mol. The number of hydrogen-bond acceptors (Lipinski definition) is 3. The molecule has 0 saturated heterocycles. The van der Waals surface area contributed by atoms with Crippen LogP contribution >= 0.6 is 11.8 Å². The quantitative estimate of drug-likeness (QED) is 0.719. The number of Topliss-reactive ketones (excluding diaryl/α,β-unsaturated/α-hetero) is 1. The molecular formula is C12H16O2S. The van der Waals surface area contributed by atoms with Crippen molar-refractivity contribution in [3.63, 3.8) is 0 Å². The predicted octanol–water partition coefficient (Wildman–Crippen LogP) is 2.94. The highest BCUT2D eigenvalue weighted by atomic mass is 32.2. The second-order valence-corrected chi connectivity index (χ2v) is 4.54. The molecule has 15 heavy (non-hydrogen) atoms. The van der Waals surface area contributed by atoms with E-state index in [-0.39, 0.29) is 5.78 Å². The average Bonchev–Trinajstić information content (AvgIpc) is 2.25. The van der Waals surface area contributed by atoms with Gasteiger partial charge in [0.1, 0.15) is 5.75 Å². The van der Waals surface area contributed by atoms with Gasteiger partial charge in [0.2, 0.25) is 0 Å². The van der Waals surface area contributed by atoms with E-state index in [1.165, 1.54) is 0 Å². The molecular weight excluding hydrogens is 208 g/mol. The number of carbonyl (C=O) groups excluding carboxylic acids is 1. The van der Waals surface area contributed by atoms with Crippen molar-refractivity contribution in [1.29, 1.82) is 0 Å². The highest BCUT2D eigenvalue weighted by Crippen LogP contribution is 2.21. The van der Waals surface area contributed by atoms with Gasteiger partial charge in [-0.05, 0) is 24.8 Å². The molecule has 0 aliphatic rings. The topological polar surface area (TPSA) is 26.3 Å². The largest absolute Gasteiger partial charge is 0.496 e. The summed E-state index contributed by atoms with van der Waals surface area (Å²) < 4.78 is 5.17. The summed E-state index contributed by atoms with van der Waals surface area (Å²) in [5.74, 6) is 2.29. The van der Waals surface area contributed by atoms with Crippen LogP contribution in [-0.4, -0.2) is 24.4 Å². The molecule has 0 bridgehead atoms. The first-order valence-corrected chi connectivity index (χ1v) is 6.10. The van der Waals surface area contributed by atoms with Crippen molar-refractivity contribution in [2.24, 2.45) is 0 Å². The monoisotopic (exact) mass is 224 g/mol. The van der Waals surface area contributed by atoms with E-state index < -0.39 is 0 Å². The van der Waals surface area contributed by atoms with Gasteiger partial charge in [0, 0.05) is 0 Å². The molecule has 1 aromatic carbocycles. The van der Waals surface area contributed by atoms with Crippen LogP contribution in [0, 0.1) is 6.92 Å². The summed E-state index contributed by atoms with van der Waals surface area (Å²) >= 11 is 1.63. The lowest BCUT2D eigenvalue weighted by molar-refractivity contribution is 0.101. The third kappa shape index (κ3) is 3.27. The molecule has 0 radical (unpaired) electrons. The molecule has 2 nitrogen and oxygen atoms in total. The lowest BCUT2D eigenvalue weighted by Crippen LogP contribution is -2.05. The molecule has 0 aliphatic heterocycles. The molecule has 0 unspecified atom stereocenters. The predicted molar refractivity (Wildman–Crippen MR) is 65.1 cm³/mol. The molecule has 0 atom stereocenters. The van der Waals surface area contributed by atoms with Gasteiger partial charge >= 0.3 is 0 Å². The summed E-state index contributed by atoms with van der Waals surface area (Å²) in [4.78, 5) is 11.8. The molecule has 3 heteroatoms. The third-order valence-corrected chi connectivity index (χ3v) is 2.97. The number of aryl methyl sites for hydroxylation is 1. The lowest BCUT2D eigenvalue weighted by Gasteiger charge is -2.07. The van der Waals surface area contributed by atoms with Crippen LogP contribution in [0.1, 0.15) is 22.8 Å². The third-order valence-electron chi connectivity index (χ3n) is 2.09. The summed E-state index contributed by atoms with van der Waals surface area (Å²) in [6, 6.07) is 5.68. The van der Waals surface area contributed by atoms with E-state index in [4.69, 9.17) is 4.74 Å². The van der Waals surface area contributed by atoms with Crippen molar-refractivity contribution in [3.8, 4) is 5.75 Å². The summed E-state index contributed by atoms with van der Waals surface area (Å²) in [6.45, 7) is 4.02. The van der Waals surface area contributed by atoms with Crippen LogP contribution in [0.5, 0.6) is 5.75 Å². The van der Waals surface area contributed by atoms with Gasteiger partial charge < -0.3 is 4.74 Å². The fourth-order valence-corrected chi connectivity index (χ4v) is 1.86. The van der Waals surface area contributed by atoms with Crippen molar-refractivity contribution >= 4 is 17.5 Å². The number of hydrogen-bond donors (Lipinski definition) is 0. The Balaban J connectivity index is 2.90. The van der Waals surface area contributed by atoms with Crippen LogP contribution in [0.3, 0.4) is 0 Å². The van der Waals surface area contributed by atoms with Crippen LogP contribution in [-0.2, 0) is 0 Å². The van der Waals surface area contributed by atoms with Gasteiger partial charge in [0.25, 0.3) is 0 Å². The molecule has 0 spiro atoms. The minimum absolute atomic E-state index is 0.141. The van der Waals surface area contributed by atoms with Gasteiger partial charge in [-0.2, -0.15) is 11.8 Å². The Morgan fingerprint density at radius 3 is 2.80 bits per heavy atom.